The van der Waals surface area contributed by atoms with Crippen molar-refractivity contribution in [3.8, 4) is 0 Å². The lowest BCUT2D eigenvalue weighted by Gasteiger charge is -2.11. The lowest BCUT2D eigenvalue weighted by molar-refractivity contribution is -0.122. The van der Waals surface area contributed by atoms with Gasteiger partial charge >= 0.3 is 0 Å². The van der Waals surface area contributed by atoms with Crippen LogP contribution in [0.15, 0.2) is 60.4 Å². The van der Waals surface area contributed by atoms with E-state index in [2.05, 4.69) is 0 Å². The number of rotatable bonds is 2. The first-order valence-electron chi connectivity index (χ1n) is 6.96. The van der Waals surface area contributed by atoms with Crippen molar-refractivity contribution in [2.45, 2.75) is 6.92 Å². The van der Waals surface area contributed by atoms with Gasteiger partial charge in [-0.05, 0) is 6.07 Å². The number of nitrogens with zero attached hydrogens (tertiary/aromatic N) is 1. The molecular formula is C18H12FNO3. The number of amides is 2. The van der Waals surface area contributed by atoms with Crippen molar-refractivity contribution >= 4 is 28.9 Å². The summed E-state index contributed by atoms with van der Waals surface area (Å²) in [6.07, 6.45) is 0. The van der Waals surface area contributed by atoms with Gasteiger partial charge in [0.15, 0.2) is 5.83 Å². The fourth-order valence-electron chi connectivity index (χ4n) is 2.57. The molecule has 0 radical (unpaired) electrons. The summed E-state index contributed by atoms with van der Waals surface area (Å²) in [4.78, 5) is 37.3. The molecule has 0 spiro atoms. The van der Waals surface area contributed by atoms with E-state index in [-0.39, 0.29) is 22.4 Å². The summed E-state index contributed by atoms with van der Waals surface area (Å²) in [5.74, 6) is -3.38. The molecule has 23 heavy (non-hydrogen) atoms. The number of carbonyl (C=O) groups is 3. The maximum absolute atomic E-state index is 14.7. The van der Waals surface area contributed by atoms with Gasteiger partial charge in [-0.25, -0.2) is 9.29 Å². The second-order valence-electron chi connectivity index (χ2n) is 5.06. The lowest BCUT2D eigenvalue weighted by atomic mass is 10.0. The summed E-state index contributed by atoms with van der Waals surface area (Å²) in [5.41, 5.74) is 0.305. The van der Waals surface area contributed by atoms with Crippen molar-refractivity contribution in [1.29, 1.82) is 0 Å². The summed E-state index contributed by atoms with van der Waals surface area (Å²) in [5, 5.41) is 0. The molecule has 3 rings (SSSR count). The topological polar surface area (TPSA) is 54.5 Å². The number of anilines is 1. The Hall–Kier alpha value is -3.08. The second-order valence-corrected chi connectivity index (χ2v) is 5.06. The molecule has 2 amide bonds. The number of halogens is 1. The molecule has 2 aromatic rings. The molecule has 0 aliphatic carbocycles. The average Bonchev–Trinajstić information content (AvgIpc) is 2.86. The first-order chi connectivity index (χ1) is 11.0. The van der Waals surface area contributed by atoms with Crippen LogP contribution < -0.4 is 4.90 Å². The first-order valence-corrected chi connectivity index (χ1v) is 6.96. The van der Waals surface area contributed by atoms with Gasteiger partial charge in [-0.1, -0.05) is 48.5 Å². The minimum atomic E-state index is -1.16. The van der Waals surface area contributed by atoms with Gasteiger partial charge in [0, 0.05) is 18.1 Å². The highest BCUT2D eigenvalue weighted by atomic mass is 19.1. The van der Waals surface area contributed by atoms with E-state index >= 15 is 0 Å². The highest BCUT2D eigenvalue weighted by molar-refractivity contribution is 6.42. The third-order valence-corrected chi connectivity index (χ3v) is 3.60. The van der Waals surface area contributed by atoms with Crippen molar-refractivity contribution in [2.75, 3.05) is 4.90 Å². The van der Waals surface area contributed by atoms with E-state index < -0.39 is 23.4 Å². The first kappa shape index (κ1) is 14.8. The molecule has 1 aliphatic rings. The highest BCUT2D eigenvalue weighted by Crippen LogP contribution is 2.39. The van der Waals surface area contributed by atoms with E-state index in [0.717, 1.165) is 4.90 Å². The predicted octanol–water partition coefficient (Wildman–Crippen LogP) is 3.14. The Labute approximate surface area is 131 Å². The van der Waals surface area contributed by atoms with Crippen LogP contribution in [0.3, 0.4) is 0 Å². The molecule has 0 unspecified atom stereocenters. The number of benzene rings is 2. The zero-order chi connectivity index (χ0) is 16.6. The maximum Gasteiger partial charge on any atom is 0.268 e. The SMILES string of the molecule is CC(=O)N1C(=O)/C(=C(\F)C(=O)c2ccccc2)c2ccccc21. The summed E-state index contributed by atoms with van der Waals surface area (Å²) >= 11 is 0. The van der Waals surface area contributed by atoms with Crippen LogP contribution in [0.1, 0.15) is 22.8 Å². The van der Waals surface area contributed by atoms with E-state index in [1.54, 1.807) is 36.4 Å². The van der Waals surface area contributed by atoms with Crippen LogP contribution in [0, 0.1) is 0 Å². The van der Waals surface area contributed by atoms with Gasteiger partial charge in [-0.2, -0.15) is 0 Å². The third kappa shape index (κ3) is 2.36. The van der Waals surface area contributed by atoms with Crippen LogP contribution in [0.4, 0.5) is 10.1 Å². The van der Waals surface area contributed by atoms with E-state index in [1.165, 1.54) is 25.1 Å². The Balaban J connectivity index is 2.17. The Morgan fingerprint density at radius 2 is 1.57 bits per heavy atom. The van der Waals surface area contributed by atoms with Gasteiger partial charge in [-0.15, -0.1) is 0 Å². The lowest BCUT2D eigenvalue weighted by Crippen LogP contribution is -2.31. The molecule has 114 valence electrons. The van der Waals surface area contributed by atoms with E-state index in [9.17, 15) is 18.8 Å². The molecule has 0 saturated heterocycles. The molecule has 5 heteroatoms. The van der Waals surface area contributed by atoms with E-state index in [1.807, 2.05) is 0 Å². The Bertz CT molecular complexity index is 856. The van der Waals surface area contributed by atoms with Gasteiger partial charge in [0.05, 0.1) is 11.3 Å². The second kappa shape index (κ2) is 5.61. The number of Topliss-reactive ketones (excluding diaryl/α,β-unsaturated/α-hetero) is 1. The molecule has 0 atom stereocenters. The molecule has 4 nitrogen and oxygen atoms in total. The van der Waals surface area contributed by atoms with Crippen molar-refractivity contribution in [1.82, 2.24) is 0 Å². The van der Waals surface area contributed by atoms with Crippen LogP contribution in [0.25, 0.3) is 5.57 Å². The van der Waals surface area contributed by atoms with Crippen molar-refractivity contribution in [3.63, 3.8) is 0 Å². The summed E-state index contributed by atoms with van der Waals surface area (Å²) in [7, 11) is 0. The fourth-order valence-corrected chi connectivity index (χ4v) is 2.57. The minimum Gasteiger partial charge on any atom is -0.286 e. The van der Waals surface area contributed by atoms with Crippen LogP contribution in [0.5, 0.6) is 0 Å². The third-order valence-electron chi connectivity index (χ3n) is 3.60. The monoisotopic (exact) mass is 309 g/mol. The minimum absolute atomic E-state index is 0.143. The zero-order valence-corrected chi connectivity index (χ0v) is 12.2. The molecule has 0 fully saturated rings. The maximum atomic E-state index is 14.7. The van der Waals surface area contributed by atoms with Crippen molar-refractivity contribution in [3.05, 3.63) is 71.6 Å². The number of para-hydroxylation sites is 1. The van der Waals surface area contributed by atoms with Crippen LogP contribution in [-0.4, -0.2) is 17.6 Å². The number of ketones is 1. The van der Waals surface area contributed by atoms with Crippen molar-refractivity contribution < 1.29 is 18.8 Å². The number of hydrogen-bond donors (Lipinski definition) is 0. The van der Waals surface area contributed by atoms with Crippen LogP contribution in [0.2, 0.25) is 0 Å². The molecular weight excluding hydrogens is 297 g/mol. The van der Waals surface area contributed by atoms with Gasteiger partial charge in [0.1, 0.15) is 0 Å². The molecule has 0 N–H and O–H groups in total. The molecule has 2 aromatic carbocycles. The fraction of sp³-hybridized carbons (Fsp3) is 0.0556. The van der Waals surface area contributed by atoms with E-state index in [4.69, 9.17) is 0 Å². The quantitative estimate of drug-likeness (QED) is 0.632. The normalized spacial score (nSPS) is 15.4. The number of fused-ring (bicyclic) bond motifs is 1. The molecule has 0 saturated carbocycles. The zero-order valence-electron chi connectivity index (χ0n) is 12.2. The molecule has 1 heterocycles. The molecule has 0 bridgehead atoms. The highest BCUT2D eigenvalue weighted by Gasteiger charge is 2.38. The number of imide groups is 1. The van der Waals surface area contributed by atoms with Gasteiger partial charge in [0.2, 0.25) is 11.7 Å². The smallest absolute Gasteiger partial charge is 0.268 e. The van der Waals surface area contributed by atoms with E-state index in [0.29, 0.717) is 0 Å². The Kier molecular flexibility index (Phi) is 3.62. The Morgan fingerprint density at radius 1 is 0.957 bits per heavy atom. The standard InChI is InChI=1S/C18H12FNO3/c1-11(21)20-14-10-6-5-9-13(14)15(18(20)23)16(19)17(22)12-7-3-2-4-8-12/h2-10H,1H3/b16-15-. The number of carbonyl (C=O) groups excluding carboxylic acids is 3. The summed E-state index contributed by atoms with van der Waals surface area (Å²) in [6, 6.07) is 14.2. The van der Waals surface area contributed by atoms with Gasteiger partial charge in [-0.3, -0.25) is 14.4 Å². The van der Waals surface area contributed by atoms with Gasteiger partial charge < -0.3 is 0 Å². The van der Waals surface area contributed by atoms with Crippen LogP contribution >= 0.6 is 0 Å². The molecule has 1 aliphatic heterocycles. The predicted molar refractivity (Wildman–Crippen MR) is 83.4 cm³/mol. The number of hydrogen-bond acceptors (Lipinski definition) is 3. The largest absolute Gasteiger partial charge is 0.286 e. The van der Waals surface area contributed by atoms with Gasteiger partial charge in [0.25, 0.3) is 5.91 Å². The van der Waals surface area contributed by atoms with Crippen molar-refractivity contribution in [2.24, 2.45) is 0 Å². The van der Waals surface area contributed by atoms with Crippen LogP contribution in [-0.2, 0) is 9.59 Å². The summed E-state index contributed by atoms with van der Waals surface area (Å²) in [6.45, 7) is 1.22. The Morgan fingerprint density at radius 3 is 2.22 bits per heavy atom. The number of allylic oxidation sites excluding steroid dienone is 1. The summed E-state index contributed by atoms with van der Waals surface area (Å²) < 4.78 is 14.7. The average molecular weight is 309 g/mol. The molecule has 0 aromatic heterocycles.